The number of hydrogen-bond acceptors (Lipinski definition) is 11. The van der Waals surface area contributed by atoms with Gasteiger partial charge in [-0.05, 0) is 54.8 Å². The Morgan fingerprint density at radius 3 is 2.58 bits per heavy atom. The predicted molar refractivity (Wildman–Crippen MR) is 233 cm³/mol. The van der Waals surface area contributed by atoms with E-state index in [1.165, 1.54) is 17.9 Å². The molecule has 2 atom stereocenters. The van der Waals surface area contributed by atoms with Crippen LogP contribution in [-0.4, -0.2) is 89.4 Å². The van der Waals surface area contributed by atoms with E-state index in [-0.39, 0.29) is 48.4 Å². The van der Waals surface area contributed by atoms with Crippen LogP contribution >= 0.6 is 0 Å². The molecule has 4 aromatic heterocycles. The highest BCUT2D eigenvalue weighted by Gasteiger charge is 2.34. The molecular formula is C44H47N11O7. The number of benzene rings is 2. The number of anilines is 3. The second-order valence-electron chi connectivity index (χ2n) is 15.4. The third-order valence-corrected chi connectivity index (χ3v) is 10.9. The summed E-state index contributed by atoms with van der Waals surface area (Å²) in [7, 11) is 6.61. The van der Waals surface area contributed by atoms with Crippen LogP contribution in [0.5, 0.6) is 11.5 Å². The lowest BCUT2D eigenvalue weighted by Gasteiger charge is -2.20. The molecular weight excluding hydrogens is 795 g/mol. The number of rotatable bonds is 14. The van der Waals surface area contributed by atoms with Gasteiger partial charge in [0.05, 0.1) is 53.6 Å². The van der Waals surface area contributed by atoms with E-state index in [1.54, 1.807) is 88.8 Å². The summed E-state index contributed by atoms with van der Waals surface area (Å²) < 4.78 is 17.9. The summed E-state index contributed by atoms with van der Waals surface area (Å²) >= 11 is 0. The zero-order chi connectivity index (χ0) is 43.8. The van der Waals surface area contributed by atoms with Crippen molar-refractivity contribution in [2.24, 2.45) is 31.9 Å². The minimum Gasteiger partial charge on any atom is -0.493 e. The van der Waals surface area contributed by atoms with E-state index in [0.29, 0.717) is 71.4 Å². The van der Waals surface area contributed by atoms with Crippen LogP contribution in [0.2, 0.25) is 0 Å². The highest BCUT2D eigenvalue weighted by atomic mass is 16.5. The van der Waals surface area contributed by atoms with Crippen LogP contribution in [-0.2, 0) is 32.5 Å². The number of carbonyl (C=O) groups is 4. The summed E-state index contributed by atoms with van der Waals surface area (Å²) in [5.74, 6) is -0.204. The second kappa shape index (κ2) is 16.9. The first-order valence-corrected chi connectivity index (χ1v) is 19.9. The van der Waals surface area contributed by atoms with Crippen molar-refractivity contribution in [3.05, 3.63) is 114 Å². The number of carbonyl (C=O) groups excluding carboxylic acids is 4. The van der Waals surface area contributed by atoms with Crippen LogP contribution in [0.4, 0.5) is 22.9 Å². The summed E-state index contributed by atoms with van der Waals surface area (Å²) in [5, 5.41) is 20.6. The number of aliphatic imine (C=N–C) groups is 1. The van der Waals surface area contributed by atoms with Crippen molar-refractivity contribution in [1.29, 1.82) is 0 Å². The minimum atomic E-state index is -1.19. The molecule has 1 fully saturated rings. The number of fused-ring (bicyclic) bond motifs is 3. The maximum atomic E-state index is 13.5. The van der Waals surface area contributed by atoms with E-state index in [2.05, 4.69) is 32.5 Å². The van der Waals surface area contributed by atoms with Gasteiger partial charge in [-0.25, -0.2) is 4.98 Å². The molecule has 0 saturated carbocycles. The number of nitrogens with zero attached hydrogens (tertiary/aromatic N) is 7. The number of aliphatic hydroxyl groups is 1. The Bertz CT molecular complexity index is 2790. The van der Waals surface area contributed by atoms with Gasteiger partial charge in [0.15, 0.2) is 23.5 Å². The van der Waals surface area contributed by atoms with Gasteiger partial charge in [-0.15, -0.1) is 0 Å². The first-order valence-electron chi connectivity index (χ1n) is 19.9. The maximum absolute atomic E-state index is 13.5. The van der Waals surface area contributed by atoms with Crippen molar-refractivity contribution in [2.75, 3.05) is 36.2 Å². The predicted octanol–water partition coefficient (Wildman–Crippen LogP) is 4.85. The average molecular weight is 842 g/mol. The monoisotopic (exact) mass is 841 g/mol. The van der Waals surface area contributed by atoms with E-state index >= 15 is 0 Å². The molecule has 62 heavy (non-hydrogen) atoms. The number of imidazole rings is 1. The summed E-state index contributed by atoms with van der Waals surface area (Å²) in [6.45, 7) is 5.09. The van der Waals surface area contributed by atoms with Gasteiger partial charge >= 0.3 is 0 Å². The smallest absolute Gasteiger partial charge is 0.291 e. The standard InChI is InChI=1S/C44H47N11O7/c1-25-13-30-20-46-32-18-37(36(61-5)17-31(32)43(59)55(30)21-25)62-12-6-7-39(56)49-38-24-53(4)40(50-38)42(58)48-28-15-34(51(2)22-28)41(57)47-29-16-35(52(3)23-29)44(60)54-11-10-27-14-26(19-45)8-9-33(27)54/h8-11,14-18,20,22-24,30,41,47,57H,1,6-7,12-13,19,21,45H2,2-5H3,(H,48,58)(H,49,56)/t30-,41?/m0/s1. The summed E-state index contributed by atoms with van der Waals surface area (Å²) in [5.41, 5.74) is 11.2. The van der Waals surface area contributed by atoms with Gasteiger partial charge in [-0.3, -0.25) is 28.7 Å². The molecule has 6 N–H and O–H groups in total. The molecule has 0 radical (unpaired) electrons. The van der Waals surface area contributed by atoms with Gasteiger partial charge in [0.25, 0.3) is 17.7 Å². The molecule has 2 aliphatic heterocycles. The van der Waals surface area contributed by atoms with Gasteiger partial charge < -0.3 is 54.9 Å². The number of nitrogens with two attached hydrogens (primary N) is 1. The Kier molecular flexibility index (Phi) is 11.3. The molecule has 0 aliphatic carbocycles. The fourth-order valence-electron chi connectivity index (χ4n) is 7.78. The highest BCUT2D eigenvalue weighted by molar-refractivity contribution is 6.05. The van der Waals surface area contributed by atoms with E-state index < -0.39 is 12.1 Å². The molecule has 3 amide bonds. The Labute approximate surface area is 356 Å². The Morgan fingerprint density at radius 2 is 1.79 bits per heavy atom. The zero-order valence-corrected chi connectivity index (χ0v) is 34.7. The summed E-state index contributed by atoms with van der Waals surface area (Å²) in [6, 6.07) is 14.0. The number of aryl methyl sites for hydroxylation is 3. The van der Waals surface area contributed by atoms with Crippen molar-refractivity contribution in [3.63, 3.8) is 0 Å². The summed E-state index contributed by atoms with van der Waals surface area (Å²) in [4.78, 5) is 63.6. The molecule has 6 aromatic rings. The minimum absolute atomic E-state index is 0.0475. The SMILES string of the molecule is C=C1C[C@H]2C=Nc3cc(OCCCC(=O)Nc4cn(C)c(C(=O)Nc5cc(C(O)Nc6cc(C(=O)n7ccc8cc(CN)ccc87)n(C)c6)n(C)c5)n4)c(OC)cc3C(=O)N2C1. The number of amides is 3. The lowest BCUT2D eigenvalue weighted by molar-refractivity contribution is -0.116. The molecule has 18 heteroatoms. The number of nitrogens with one attached hydrogen (secondary N) is 3. The molecule has 0 spiro atoms. The molecule has 0 bridgehead atoms. The van der Waals surface area contributed by atoms with Crippen molar-refractivity contribution in [2.45, 2.75) is 38.1 Å². The van der Waals surface area contributed by atoms with Gasteiger partial charge in [0, 0.05) is 83.1 Å². The number of methoxy groups -OCH3 is 1. The lowest BCUT2D eigenvalue weighted by atomic mass is 10.1. The van der Waals surface area contributed by atoms with E-state index in [1.807, 2.05) is 24.3 Å². The lowest BCUT2D eigenvalue weighted by Crippen LogP contribution is -2.35. The van der Waals surface area contributed by atoms with Crippen LogP contribution < -0.4 is 31.2 Å². The molecule has 2 aromatic carbocycles. The fraction of sp³-hybridized carbons (Fsp3) is 0.273. The third kappa shape index (κ3) is 8.20. The molecule has 6 heterocycles. The van der Waals surface area contributed by atoms with Crippen LogP contribution in [0.3, 0.4) is 0 Å². The van der Waals surface area contributed by atoms with Gasteiger partial charge in [-0.1, -0.05) is 18.2 Å². The average Bonchev–Trinajstić information content (AvgIpc) is 4.07. The maximum Gasteiger partial charge on any atom is 0.291 e. The van der Waals surface area contributed by atoms with Crippen LogP contribution in [0.15, 0.2) is 90.5 Å². The van der Waals surface area contributed by atoms with Crippen molar-refractivity contribution in [3.8, 4) is 11.5 Å². The molecule has 18 nitrogen and oxygen atoms in total. The topological polar surface area (TPSA) is 217 Å². The fourth-order valence-corrected chi connectivity index (χ4v) is 7.78. The van der Waals surface area contributed by atoms with E-state index in [0.717, 1.165) is 22.0 Å². The van der Waals surface area contributed by atoms with E-state index in [9.17, 15) is 24.3 Å². The van der Waals surface area contributed by atoms with Crippen LogP contribution in [0.1, 0.15) is 68.2 Å². The Balaban J connectivity index is 0.834. The second-order valence-corrected chi connectivity index (χ2v) is 15.4. The molecule has 320 valence electrons. The van der Waals surface area contributed by atoms with E-state index in [4.69, 9.17) is 15.2 Å². The normalized spacial score (nSPS) is 15.0. The first kappa shape index (κ1) is 41.3. The highest BCUT2D eigenvalue weighted by Crippen LogP contribution is 2.38. The molecule has 2 aliphatic rings. The number of aliphatic hydroxyl groups excluding tert-OH is 1. The molecule has 1 unspecified atom stereocenters. The quantitative estimate of drug-likeness (QED) is 0.0571. The van der Waals surface area contributed by atoms with Gasteiger partial charge in [0.1, 0.15) is 5.69 Å². The van der Waals surface area contributed by atoms with Gasteiger partial charge in [0.2, 0.25) is 11.7 Å². The van der Waals surface area contributed by atoms with Crippen molar-refractivity contribution in [1.82, 2.24) is 28.2 Å². The molecule has 1 saturated heterocycles. The number of aromatic nitrogens is 5. The third-order valence-electron chi connectivity index (χ3n) is 10.9. The van der Waals surface area contributed by atoms with Crippen molar-refractivity contribution >= 4 is 63.6 Å². The Morgan fingerprint density at radius 1 is 0.984 bits per heavy atom. The van der Waals surface area contributed by atoms with Crippen LogP contribution in [0.25, 0.3) is 10.9 Å². The zero-order valence-electron chi connectivity index (χ0n) is 34.7. The van der Waals surface area contributed by atoms with Gasteiger partial charge in [-0.2, -0.15) is 0 Å². The number of hydrogen-bond donors (Lipinski definition) is 5. The van der Waals surface area contributed by atoms with Crippen molar-refractivity contribution < 1.29 is 33.8 Å². The number of ether oxygens (including phenoxy) is 2. The first-order chi connectivity index (χ1) is 29.8. The largest absolute Gasteiger partial charge is 0.493 e. The Hall–Kier alpha value is -7.44. The molecule has 8 rings (SSSR count). The summed E-state index contributed by atoms with van der Waals surface area (Å²) in [6.07, 6.45) is 8.32. The van der Waals surface area contributed by atoms with Crippen LogP contribution in [0, 0.1) is 0 Å².